The molecule has 3 heteroatoms. The zero-order chi connectivity index (χ0) is 14.9. The van der Waals surface area contributed by atoms with E-state index in [9.17, 15) is 5.11 Å². The van der Waals surface area contributed by atoms with Crippen molar-refractivity contribution in [2.24, 2.45) is 0 Å². The molecule has 2 aromatic carbocycles. The van der Waals surface area contributed by atoms with Gasteiger partial charge in [-0.1, -0.05) is 55.5 Å². The van der Waals surface area contributed by atoms with Crippen molar-refractivity contribution in [3.8, 4) is 5.75 Å². The standard InChI is InChI=1S/C18H23NO2/c1-2-17(13-20)19-12-16-10-6-7-11-18(16)21-14-15-8-4-3-5-9-15/h3-11,17,19-20H,2,12-14H2,1H3/t17-/m1/s1. The Morgan fingerprint density at radius 1 is 1.05 bits per heavy atom. The molecule has 3 nitrogen and oxygen atoms in total. The summed E-state index contributed by atoms with van der Waals surface area (Å²) in [6.45, 7) is 3.48. The molecular weight excluding hydrogens is 262 g/mol. The van der Waals surface area contributed by atoms with Gasteiger partial charge in [0, 0.05) is 18.2 Å². The van der Waals surface area contributed by atoms with Crippen molar-refractivity contribution >= 4 is 0 Å². The average Bonchev–Trinajstić information content (AvgIpc) is 2.56. The zero-order valence-electron chi connectivity index (χ0n) is 12.5. The number of aliphatic hydroxyl groups is 1. The molecule has 0 heterocycles. The first-order chi connectivity index (χ1) is 10.3. The quantitative estimate of drug-likeness (QED) is 0.783. The number of benzene rings is 2. The lowest BCUT2D eigenvalue weighted by molar-refractivity contribution is 0.237. The van der Waals surface area contributed by atoms with Crippen LogP contribution in [0.5, 0.6) is 5.75 Å². The Hall–Kier alpha value is -1.84. The van der Waals surface area contributed by atoms with E-state index in [4.69, 9.17) is 4.74 Å². The Bertz CT molecular complexity index is 524. The normalized spacial score (nSPS) is 12.1. The molecule has 2 N–H and O–H groups in total. The number of hydrogen-bond acceptors (Lipinski definition) is 3. The number of ether oxygens (including phenoxy) is 1. The summed E-state index contributed by atoms with van der Waals surface area (Å²) in [5, 5.41) is 12.6. The number of rotatable bonds is 8. The Kier molecular flexibility index (Phi) is 6.25. The highest BCUT2D eigenvalue weighted by atomic mass is 16.5. The minimum absolute atomic E-state index is 0.132. The van der Waals surface area contributed by atoms with Crippen LogP contribution in [0.25, 0.3) is 0 Å². The average molecular weight is 285 g/mol. The minimum atomic E-state index is 0.132. The molecule has 0 unspecified atom stereocenters. The van der Waals surface area contributed by atoms with E-state index in [-0.39, 0.29) is 12.6 Å². The van der Waals surface area contributed by atoms with Crippen molar-refractivity contribution in [3.63, 3.8) is 0 Å². The summed E-state index contributed by atoms with van der Waals surface area (Å²) >= 11 is 0. The lowest BCUT2D eigenvalue weighted by atomic mass is 10.1. The van der Waals surface area contributed by atoms with Gasteiger partial charge in [0.1, 0.15) is 12.4 Å². The van der Waals surface area contributed by atoms with Crippen LogP contribution in [-0.2, 0) is 13.2 Å². The number of aliphatic hydroxyl groups excluding tert-OH is 1. The Morgan fingerprint density at radius 3 is 2.48 bits per heavy atom. The minimum Gasteiger partial charge on any atom is -0.489 e. The molecule has 1 atom stereocenters. The largest absolute Gasteiger partial charge is 0.489 e. The SMILES string of the molecule is CC[C@H](CO)NCc1ccccc1OCc1ccccc1. The van der Waals surface area contributed by atoms with E-state index in [2.05, 4.69) is 30.4 Å². The molecule has 2 aromatic rings. The van der Waals surface area contributed by atoms with Crippen molar-refractivity contribution < 1.29 is 9.84 Å². The Morgan fingerprint density at radius 2 is 1.76 bits per heavy atom. The van der Waals surface area contributed by atoms with Crippen LogP contribution < -0.4 is 10.1 Å². The molecule has 0 aromatic heterocycles. The summed E-state index contributed by atoms with van der Waals surface area (Å²) in [7, 11) is 0. The summed E-state index contributed by atoms with van der Waals surface area (Å²) in [5.74, 6) is 0.890. The Balaban J connectivity index is 1.96. The van der Waals surface area contributed by atoms with Crippen LogP contribution in [0, 0.1) is 0 Å². The highest BCUT2D eigenvalue weighted by Crippen LogP contribution is 2.19. The van der Waals surface area contributed by atoms with Crippen LogP contribution in [0.15, 0.2) is 54.6 Å². The maximum absolute atomic E-state index is 9.23. The fraction of sp³-hybridized carbons (Fsp3) is 0.333. The Labute approximate surface area is 126 Å². The topological polar surface area (TPSA) is 41.5 Å². The second kappa shape index (κ2) is 8.45. The van der Waals surface area contributed by atoms with E-state index in [1.54, 1.807) is 0 Å². The van der Waals surface area contributed by atoms with Crippen LogP contribution >= 0.6 is 0 Å². The maximum Gasteiger partial charge on any atom is 0.124 e. The van der Waals surface area contributed by atoms with E-state index in [0.29, 0.717) is 13.2 Å². The summed E-state index contributed by atoms with van der Waals surface area (Å²) in [4.78, 5) is 0. The van der Waals surface area contributed by atoms with Crippen molar-refractivity contribution in [2.45, 2.75) is 32.5 Å². The molecule has 21 heavy (non-hydrogen) atoms. The fourth-order valence-electron chi connectivity index (χ4n) is 2.12. The molecule has 0 aliphatic carbocycles. The summed E-state index contributed by atoms with van der Waals surface area (Å²) in [5.41, 5.74) is 2.27. The maximum atomic E-state index is 9.23. The summed E-state index contributed by atoms with van der Waals surface area (Å²) in [6.07, 6.45) is 0.906. The van der Waals surface area contributed by atoms with Gasteiger partial charge < -0.3 is 15.2 Å². The molecule has 112 valence electrons. The highest BCUT2D eigenvalue weighted by molar-refractivity contribution is 5.33. The second-order valence-electron chi connectivity index (χ2n) is 5.05. The van der Waals surface area contributed by atoms with Crippen molar-refractivity contribution in [2.75, 3.05) is 6.61 Å². The number of hydrogen-bond donors (Lipinski definition) is 2. The van der Waals surface area contributed by atoms with Gasteiger partial charge in [0.05, 0.1) is 6.61 Å². The van der Waals surface area contributed by atoms with Crippen LogP contribution in [0.1, 0.15) is 24.5 Å². The number of nitrogens with one attached hydrogen (secondary N) is 1. The second-order valence-corrected chi connectivity index (χ2v) is 5.05. The van der Waals surface area contributed by atoms with Crippen LogP contribution in [0.3, 0.4) is 0 Å². The lowest BCUT2D eigenvalue weighted by Crippen LogP contribution is -2.31. The third kappa shape index (κ3) is 4.88. The predicted octanol–water partition coefficient (Wildman–Crippen LogP) is 3.13. The van der Waals surface area contributed by atoms with E-state index < -0.39 is 0 Å². The van der Waals surface area contributed by atoms with Gasteiger partial charge in [0.15, 0.2) is 0 Å². The molecule has 0 fully saturated rings. The van der Waals surface area contributed by atoms with Gasteiger partial charge in [-0.05, 0) is 18.1 Å². The molecular formula is C18H23NO2. The van der Waals surface area contributed by atoms with E-state index in [1.807, 2.05) is 36.4 Å². The van der Waals surface area contributed by atoms with Crippen molar-refractivity contribution in [1.29, 1.82) is 0 Å². The molecule has 0 saturated carbocycles. The monoisotopic (exact) mass is 285 g/mol. The smallest absolute Gasteiger partial charge is 0.124 e. The molecule has 2 rings (SSSR count). The third-order valence-corrected chi connectivity index (χ3v) is 3.50. The molecule has 0 saturated heterocycles. The van der Waals surface area contributed by atoms with Crippen molar-refractivity contribution in [3.05, 3.63) is 65.7 Å². The van der Waals surface area contributed by atoms with Crippen LogP contribution in [-0.4, -0.2) is 17.8 Å². The molecule has 0 aliphatic rings. The molecule has 0 bridgehead atoms. The van der Waals surface area contributed by atoms with Gasteiger partial charge in [0.2, 0.25) is 0 Å². The number of para-hydroxylation sites is 1. The zero-order valence-corrected chi connectivity index (χ0v) is 12.5. The first kappa shape index (κ1) is 15.5. The van der Waals surface area contributed by atoms with E-state index >= 15 is 0 Å². The van der Waals surface area contributed by atoms with E-state index in [1.165, 1.54) is 0 Å². The van der Waals surface area contributed by atoms with Gasteiger partial charge in [-0.2, -0.15) is 0 Å². The van der Waals surface area contributed by atoms with Gasteiger partial charge in [-0.25, -0.2) is 0 Å². The predicted molar refractivity (Wildman–Crippen MR) is 85.2 cm³/mol. The van der Waals surface area contributed by atoms with Gasteiger partial charge in [-0.15, -0.1) is 0 Å². The van der Waals surface area contributed by atoms with E-state index in [0.717, 1.165) is 23.3 Å². The first-order valence-corrected chi connectivity index (χ1v) is 7.42. The summed E-state index contributed by atoms with van der Waals surface area (Å²) in [6, 6.07) is 18.3. The van der Waals surface area contributed by atoms with Crippen LogP contribution in [0.4, 0.5) is 0 Å². The highest BCUT2D eigenvalue weighted by Gasteiger charge is 2.07. The molecule has 0 aliphatic heterocycles. The van der Waals surface area contributed by atoms with Crippen molar-refractivity contribution in [1.82, 2.24) is 5.32 Å². The molecule has 0 amide bonds. The fourth-order valence-corrected chi connectivity index (χ4v) is 2.12. The molecule has 0 spiro atoms. The van der Waals surface area contributed by atoms with Gasteiger partial charge in [0.25, 0.3) is 0 Å². The first-order valence-electron chi connectivity index (χ1n) is 7.42. The molecule has 0 radical (unpaired) electrons. The lowest BCUT2D eigenvalue weighted by Gasteiger charge is -2.16. The van der Waals surface area contributed by atoms with Crippen LogP contribution in [0.2, 0.25) is 0 Å². The van der Waals surface area contributed by atoms with Gasteiger partial charge >= 0.3 is 0 Å². The van der Waals surface area contributed by atoms with Gasteiger partial charge in [-0.3, -0.25) is 0 Å². The third-order valence-electron chi connectivity index (χ3n) is 3.50. The summed E-state index contributed by atoms with van der Waals surface area (Å²) < 4.78 is 5.92.